The first kappa shape index (κ1) is 22.0. The molecular formula is C23H18Cl2N2O5. The van der Waals surface area contributed by atoms with Gasteiger partial charge in [0.1, 0.15) is 0 Å². The smallest absolute Gasteiger partial charge is 0.338 e. The van der Waals surface area contributed by atoms with E-state index in [0.29, 0.717) is 34.3 Å². The van der Waals surface area contributed by atoms with Crippen LogP contribution in [0.2, 0.25) is 10.0 Å². The second-order valence-electron chi connectivity index (χ2n) is 7.46. The number of ether oxygens (including phenoxy) is 1. The molecule has 0 unspecified atom stereocenters. The normalized spacial score (nSPS) is 19.6. The van der Waals surface area contributed by atoms with Crippen molar-refractivity contribution < 1.29 is 23.9 Å². The third-order valence-electron chi connectivity index (χ3n) is 5.41. The summed E-state index contributed by atoms with van der Waals surface area (Å²) in [5, 5.41) is 3.21. The second-order valence-corrected chi connectivity index (χ2v) is 8.31. The lowest BCUT2D eigenvalue weighted by atomic mass is 9.85. The van der Waals surface area contributed by atoms with Crippen LogP contribution in [0.25, 0.3) is 0 Å². The molecule has 0 bridgehead atoms. The summed E-state index contributed by atoms with van der Waals surface area (Å²) >= 11 is 11.9. The number of rotatable bonds is 5. The zero-order valence-electron chi connectivity index (χ0n) is 16.7. The van der Waals surface area contributed by atoms with Crippen LogP contribution in [0.15, 0.2) is 54.6 Å². The van der Waals surface area contributed by atoms with Crippen molar-refractivity contribution in [2.24, 2.45) is 11.8 Å². The van der Waals surface area contributed by atoms with Crippen molar-refractivity contribution in [3.05, 3.63) is 70.2 Å². The van der Waals surface area contributed by atoms with E-state index in [0.717, 1.165) is 0 Å². The van der Waals surface area contributed by atoms with E-state index < -0.39 is 18.5 Å². The summed E-state index contributed by atoms with van der Waals surface area (Å²) in [7, 11) is 0. The Morgan fingerprint density at radius 3 is 2.22 bits per heavy atom. The van der Waals surface area contributed by atoms with Gasteiger partial charge >= 0.3 is 5.97 Å². The monoisotopic (exact) mass is 472 g/mol. The summed E-state index contributed by atoms with van der Waals surface area (Å²) < 4.78 is 5.03. The van der Waals surface area contributed by atoms with Gasteiger partial charge in [0.05, 0.1) is 33.8 Å². The highest BCUT2D eigenvalue weighted by molar-refractivity contribution is 6.35. The van der Waals surface area contributed by atoms with E-state index in [1.165, 1.54) is 41.3 Å². The lowest BCUT2D eigenvalue weighted by molar-refractivity contribution is -0.122. The summed E-state index contributed by atoms with van der Waals surface area (Å²) in [6.07, 6.45) is 4.95. The number of imide groups is 1. The number of hydrogen-bond donors (Lipinski definition) is 1. The molecule has 9 heteroatoms. The van der Waals surface area contributed by atoms with Gasteiger partial charge in [-0.05, 0) is 55.3 Å². The first-order chi connectivity index (χ1) is 15.3. The zero-order chi connectivity index (χ0) is 22.8. The number of esters is 1. The van der Waals surface area contributed by atoms with Crippen molar-refractivity contribution in [2.75, 3.05) is 16.8 Å². The number of allylic oxidation sites excluding steroid dienone is 2. The summed E-state index contributed by atoms with van der Waals surface area (Å²) in [4.78, 5) is 50.8. The molecule has 0 saturated carbocycles. The number of amides is 3. The van der Waals surface area contributed by atoms with Crippen LogP contribution < -0.4 is 10.2 Å². The Labute approximate surface area is 193 Å². The Morgan fingerprint density at radius 2 is 1.59 bits per heavy atom. The van der Waals surface area contributed by atoms with Gasteiger partial charge in [-0.2, -0.15) is 0 Å². The van der Waals surface area contributed by atoms with Crippen LogP contribution in [0.5, 0.6) is 0 Å². The molecule has 3 amide bonds. The van der Waals surface area contributed by atoms with E-state index in [2.05, 4.69) is 5.32 Å². The van der Waals surface area contributed by atoms with E-state index in [-0.39, 0.29) is 29.2 Å². The van der Waals surface area contributed by atoms with Crippen molar-refractivity contribution in [1.82, 2.24) is 0 Å². The van der Waals surface area contributed by atoms with Gasteiger partial charge in [0.25, 0.3) is 5.91 Å². The molecule has 164 valence electrons. The summed E-state index contributed by atoms with van der Waals surface area (Å²) in [6, 6.07) is 10.5. The Bertz CT molecular complexity index is 1100. The van der Waals surface area contributed by atoms with Gasteiger partial charge in [0.15, 0.2) is 6.61 Å². The number of hydrogen-bond acceptors (Lipinski definition) is 5. The number of fused-ring (bicyclic) bond motifs is 1. The largest absolute Gasteiger partial charge is 0.452 e. The Hall–Kier alpha value is -3.16. The lowest BCUT2D eigenvalue weighted by Crippen LogP contribution is -2.30. The standard InChI is InChI=1S/C23H18Cl2N2O5/c24-14-7-10-18(25)19(11-14)26-20(28)12-32-23(31)13-5-8-15(9-6-13)27-21(29)16-3-1-2-4-17(16)22(27)30/h1-2,5-11,16-17H,3-4,12H2,(H,26,28)/t16-,17+. The fraction of sp³-hybridized carbons (Fsp3) is 0.217. The van der Waals surface area contributed by atoms with Crippen LogP contribution in [0.3, 0.4) is 0 Å². The molecular weight excluding hydrogens is 455 g/mol. The fourth-order valence-corrected chi connectivity index (χ4v) is 4.13. The summed E-state index contributed by atoms with van der Waals surface area (Å²) in [6.45, 7) is -0.525. The van der Waals surface area contributed by atoms with Gasteiger partial charge in [-0.1, -0.05) is 35.4 Å². The van der Waals surface area contributed by atoms with Crippen LogP contribution in [0, 0.1) is 11.8 Å². The van der Waals surface area contributed by atoms with Gasteiger partial charge in [0.2, 0.25) is 11.8 Å². The predicted octanol–water partition coefficient (Wildman–Crippen LogP) is 4.24. The van der Waals surface area contributed by atoms with Gasteiger partial charge in [-0.3, -0.25) is 19.3 Å². The maximum absolute atomic E-state index is 12.7. The lowest BCUT2D eigenvalue weighted by Gasteiger charge is -2.15. The van der Waals surface area contributed by atoms with Crippen LogP contribution in [0.4, 0.5) is 11.4 Å². The van der Waals surface area contributed by atoms with E-state index >= 15 is 0 Å². The van der Waals surface area contributed by atoms with Crippen molar-refractivity contribution in [3.8, 4) is 0 Å². The minimum absolute atomic E-state index is 0.181. The first-order valence-corrected chi connectivity index (χ1v) is 10.7. The zero-order valence-corrected chi connectivity index (χ0v) is 18.2. The third-order valence-corrected chi connectivity index (χ3v) is 5.97. The number of nitrogens with one attached hydrogen (secondary N) is 1. The maximum Gasteiger partial charge on any atom is 0.338 e. The van der Waals surface area contributed by atoms with Crippen LogP contribution in [-0.2, 0) is 19.1 Å². The van der Waals surface area contributed by atoms with Crippen LogP contribution in [0.1, 0.15) is 23.2 Å². The molecule has 2 aromatic carbocycles. The molecule has 0 spiro atoms. The van der Waals surface area contributed by atoms with Crippen molar-refractivity contribution in [3.63, 3.8) is 0 Å². The molecule has 1 aliphatic heterocycles. The van der Waals surface area contributed by atoms with Crippen molar-refractivity contribution >= 4 is 58.3 Å². The van der Waals surface area contributed by atoms with E-state index in [4.69, 9.17) is 27.9 Å². The molecule has 0 aromatic heterocycles. The van der Waals surface area contributed by atoms with Gasteiger partial charge in [-0.25, -0.2) is 4.79 Å². The highest BCUT2D eigenvalue weighted by Crippen LogP contribution is 2.37. The Morgan fingerprint density at radius 1 is 0.969 bits per heavy atom. The highest BCUT2D eigenvalue weighted by Gasteiger charge is 2.47. The van der Waals surface area contributed by atoms with E-state index in [9.17, 15) is 19.2 Å². The maximum atomic E-state index is 12.7. The fourth-order valence-electron chi connectivity index (χ4n) is 3.80. The molecule has 2 aliphatic rings. The molecule has 2 atom stereocenters. The van der Waals surface area contributed by atoms with Crippen molar-refractivity contribution in [1.29, 1.82) is 0 Å². The van der Waals surface area contributed by atoms with Crippen LogP contribution in [-0.4, -0.2) is 30.3 Å². The molecule has 2 aromatic rings. The average molecular weight is 473 g/mol. The molecule has 1 saturated heterocycles. The number of carbonyl (C=O) groups is 4. The molecule has 1 aliphatic carbocycles. The molecule has 1 N–H and O–H groups in total. The van der Waals surface area contributed by atoms with E-state index in [1.807, 2.05) is 12.2 Å². The van der Waals surface area contributed by atoms with Gasteiger partial charge < -0.3 is 10.1 Å². The van der Waals surface area contributed by atoms with E-state index in [1.54, 1.807) is 6.07 Å². The summed E-state index contributed by atoms with van der Waals surface area (Å²) in [5.41, 5.74) is 0.889. The molecule has 7 nitrogen and oxygen atoms in total. The number of nitrogens with zero attached hydrogens (tertiary/aromatic N) is 1. The average Bonchev–Trinajstić information content (AvgIpc) is 3.05. The molecule has 4 rings (SSSR count). The Balaban J connectivity index is 1.36. The topological polar surface area (TPSA) is 92.8 Å². The number of halogens is 2. The molecule has 1 fully saturated rings. The second kappa shape index (κ2) is 9.14. The summed E-state index contributed by atoms with van der Waals surface area (Å²) in [5.74, 6) is -2.41. The van der Waals surface area contributed by atoms with Crippen molar-refractivity contribution in [2.45, 2.75) is 12.8 Å². The van der Waals surface area contributed by atoms with Gasteiger partial charge in [-0.15, -0.1) is 0 Å². The minimum atomic E-state index is -0.721. The quantitative estimate of drug-likeness (QED) is 0.398. The SMILES string of the molecule is O=C(COC(=O)c1ccc(N2C(=O)[C@H]3CC=CC[C@H]3C2=O)cc1)Nc1cc(Cl)ccc1Cl. The first-order valence-electron chi connectivity index (χ1n) is 9.90. The minimum Gasteiger partial charge on any atom is -0.452 e. The third kappa shape index (κ3) is 4.40. The predicted molar refractivity (Wildman–Crippen MR) is 120 cm³/mol. The number of benzene rings is 2. The molecule has 32 heavy (non-hydrogen) atoms. The van der Waals surface area contributed by atoms with Crippen LogP contribution >= 0.6 is 23.2 Å². The Kier molecular flexibility index (Phi) is 6.30. The molecule has 0 radical (unpaired) electrons. The highest BCUT2D eigenvalue weighted by atomic mass is 35.5. The number of anilines is 2. The van der Waals surface area contributed by atoms with Gasteiger partial charge in [0, 0.05) is 5.02 Å². The molecule has 1 heterocycles. The number of carbonyl (C=O) groups excluding carboxylic acids is 4.